The lowest BCUT2D eigenvalue weighted by Gasteiger charge is -2.18. The molecule has 2 aromatic rings. The van der Waals surface area contributed by atoms with Crippen LogP contribution in [0, 0.1) is 0 Å². The van der Waals surface area contributed by atoms with Crippen LogP contribution < -0.4 is 14.8 Å². The zero-order chi connectivity index (χ0) is 17.1. The number of rotatable bonds is 6. The number of aliphatic hydroxyl groups excluding tert-OH is 1. The van der Waals surface area contributed by atoms with E-state index in [0.717, 1.165) is 23.5 Å². The van der Waals surface area contributed by atoms with Crippen LogP contribution in [-0.2, 0) is 6.42 Å². The van der Waals surface area contributed by atoms with E-state index < -0.39 is 6.10 Å². The molecule has 1 aliphatic heterocycles. The van der Waals surface area contributed by atoms with Gasteiger partial charge in [-0.05, 0) is 48.7 Å². The normalized spacial score (nSPS) is 15.2. The van der Waals surface area contributed by atoms with Crippen molar-refractivity contribution in [3.8, 4) is 23.0 Å². The van der Waals surface area contributed by atoms with Crippen LogP contribution in [-0.4, -0.2) is 34.7 Å². The van der Waals surface area contributed by atoms with E-state index in [4.69, 9.17) is 9.47 Å². The minimum Gasteiger partial charge on any atom is -0.504 e. The van der Waals surface area contributed by atoms with E-state index in [1.54, 1.807) is 6.07 Å². The number of benzene rings is 2. The van der Waals surface area contributed by atoms with Gasteiger partial charge in [-0.25, -0.2) is 0 Å². The monoisotopic (exact) mass is 331 g/mol. The van der Waals surface area contributed by atoms with Gasteiger partial charge in [0.2, 0.25) is 6.79 Å². The fourth-order valence-corrected chi connectivity index (χ4v) is 2.67. The fraction of sp³-hybridized carbons (Fsp3) is 0.333. The van der Waals surface area contributed by atoms with Crippen LogP contribution in [0.3, 0.4) is 0 Å². The maximum atomic E-state index is 10.2. The molecule has 0 spiro atoms. The Bertz CT molecular complexity index is 719. The van der Waals surface area contributed by atoms with Gasteiger partial charge in [-0.3, -0.25) is 0 Å². The van der Waals surface area contributed by atoms with Crippen LogP contribution >= 0.6 is 0 Å². The lowest BCUT2D eigenvalue weighted by molar-refractivity contribution is 0.170. The average molecular weight is 331 g/mol. The molecule has 0 bridgehead atoms. The highest BCUT2D eigenvalue weighted by atomic mass is 16.7. The van der Waals surface area contributed by atoms with Gasteiger partial charge < -0.3 is 30.1 Å². The molecular formula is C18H21NO5. The molecule has 4 N–H and O–H groups in total. The van der Waals surface area contributed by atoms with Gasteiger partial charge in [-0.2, -0.15) is 0 Å². The molecular weight excluding hydrogens is 310 g/mol. The summed E-state index contributed by atoms with van der Waals surface area (Å²) in [6, 6.07) is 10.3. The van der Waals surface area contributed by atoms with Crippen LogP contribution in [0.1, 0.15) is 24.2 Å². The third-order valence-electron chi connectivity index (χ3n) is 4.02. The zero-order valence-electron chi connectivity index (χ0n) is 13.4. The van der Waals surface area contributed by atoms with E-state index in [2.05, 4.69) is 5.32 Å². The molecule has 0 aromatic heterocycles. The molecule has 1 aliphatic rings. The number of phenolic OH excluding ortho intramolecular Hbond substituents is 2. The molecule has 0 unspecified atom stereocenters. The summed E-state index contributed by atoms with van der Waals surface area (Å²) in [5, 5.41) is 32.3. The van der Waals surface area contributed by atoms with Gasteiger partial charge in [0.15, 0.2) is 23.0 Å². The third-order valence-corrected chi connectivity index (χ3v) is 4.02. The molecule has 3 rings (SSSR count). The van der Waals surface area contributed by atoms with Crippen molar-refractivity contribution in [1.29, 1.82) is 0 Å². The number of hydrogen-bond donors (Lipinski definition) is 4. The van der Waals surface area contributed by atoms with Gasteiger partial charge in [0.25, 0.3) is 0 Å². The Morgan fingerprint density at radius 1 is 1.04 bits per heavy atom. The third kappa shape index (κ3) is 3.72. The van der Waals surface area contributed by atoms with Gasteiger partial charge in [0.05, 0.1) is 6.10 Å². The van der Waals surface area contributed by atoms with Crippen molar-refractivity contribution in [2.75, 3.05) is 13.3 Å². The molecule has 0 amide bonds. The van der Waals surface area contributed by atoms with Gasteiger partial charge in [0.1, 0.15) is 0 Å². The lowest BCUT2D eigenvalue weighted by atomic mass is 10.1. The SMILES string of the molecule is C[C@@H](Cc1ccc2c(c1)OCO2)NC[C@H](O)c1ccc(O)c(O)c1. The largest absolute Gasteiger partial charge is 0.504 e. The van der Waals surface area contributed by atoms with Gasteiger partial charge in [-0.1, -0.05) is 12.1 Å². The van der Waals surface area contributed by atoms with E-state index in [9.17, 15) is 15.3 Å². The zero-order valence-corrected chi connectivity index (χ0v) is 13.4. The van der Waals surface area contributed by atoms with Crippen LogP contribution in [0.15, 0.2) is 36.4 Å². The van der Waals surface area contributed by atoms with Crippen molar-refractivity contribution >= 4 is 0 Å². The number of hydrogen-bond acceptors (Lipinski definition) is 6. The summed E-state index contributed by atoms with van der Waals surface area (Å²) in [5.74, 6) is 1.09. The Balaban J connectivity index is 1.53. The molecule has 2 aromatic carbocycles. The second kappa shape index (κ2) is 6.98. The lowest BCUT2D eigenvalue weighted by Crippen LogP contribution is -2.32. The standard InChI is InChI=1S/C18H21NO5/c1-11(6-12-2-5-17-18(7-12)24-10-23-17)19-9-16(22)13-3-4-14(20)15(21)8-13/h2-5,7-8,11,16,19-22H,6,9-10H2,1H3/t11-,16-/m0/s1. The number of aliphatic hydroxyl groups is 1. The molecule has 0 aliphatic carbocycles. The first kappa shape index (κ1) is 16.4. The van der Waals surface area contributed by atoms with Gasteiger partial charge >= 0.3 is 0 Å². The molecule has 24 heavy (non-hydrogen) atoms. The van der Waals surface area contributed by atoms with Crippen molar-refractivity contribution in [1.82, 2.24) is 5.32 Å². The summed E-state index contributed by atoms with van der Waals surface area (Å²) in [4.78, 5) is 0. The number of ether oxygens (including phenoxy) is 2. The summed E-state index contributed by atoms with van der Waals surface area (Å²) in [7, 11) is 0. The molecule has 0 fully saturated rings. The molecule has 0 radical (unpaired) electrons. The quantitative estimate of drug-likeness (QED) is 0.606. The number of fused-ring (bicyclic) bond motifs is 1. The van der Waals surface area contributed by atoms with E-state index in [-0.39, 0.29) is 24.3 Å². The summed E-state index contributed by atoms with van der Waals surface area (Å²) >= 11 is 0. The number of phenols is 2. The molecule has 0 saturated heterocycles. The molecule has 128 valence electrons. The first-order chi connectivity index (χ1) is 11.5. The first-order valence-electron chi connectivity index (χ1n) is 7.85. The maximum absolute atomic E-state index is 10.2. The number of aromatic hydroxyl groups is 2. The predicted molar refractivity (Wildman–Crippen MR) is 88.5 cm³/mol. The van der Waals surface area contributed by atoms with Crippen molar-refractivity contribution in [3.63, 3.8) is 0 Å². The summed E-state index contributed by atoms with van der Waals surface area (Å²) in [5.41, 5.74) is 1.67. The average Bonchev–Trinajstić information content (AvgIpc) is 3.03. The highest BCUT2D eigenvalue weighted by Gasteiger charge is 2.15. The summed E-state index contributed by atoms with van der Waals surface area (Å²) in [6.07, 6.45) is 0.0141. The van der Waals surface area contributed by atoms with E-state index >= 15 is 0 Å². The maximum Gasteiger partial charge on any atom is 0.231 e. The first-order valence-corrected chi connectivity index (χ1v) is 7.85. The van der Waals surface area contributed by atoms with Crippen molar-refractivity contribution in [3.05, 3.63) is 47.5 Å². The smallest absolute Gasteiger partial charge is 0.231 e. The summed E-state index contributed by atoms with van der Waals surface area (Å²) < 4.78 is 10.7. The Morgan fingerprint density at radius 2 is 1.83 bits per heavy atom. The molecule has 0 saturated carbocycles. The van der Waals surface area contributed by atoms with Crippen molar-refractivity contribution in [2.45, 2.75) is 25.5 Å². The molecule has 6 heteroatoms. The van der Waals surface area contributed by atoms with Crippen LogP contribution in [0.5, 0.6) is 23.0 Å². The van der Waals surface area contributed by atoms with E-state index in [1.165, 1.54) is 12.1 Å². The molecule has 2 atom stereocenters. The van der Waals surface area contributed by atoms with Crippen LogP contribution in [0.4, 0.5) is 0 Å². The van der Waals surface area contributed by atoms with Crippen LogP contribution in [0.2, 0.25) is 0 Å². The van der Waals surface area contributed by atoms with E-state index in [1.807, 2.05) is 25.1 Å². The highest BCUT2D eigenvalue weighted by molar-refractivity contribution is 5.44. The van der Waals surface area contributed by atoms with Gasteiger partial charge in [-0.15, -0.1) is 0 Å². The summed E-state index contributed by atoms with van der Waals surface area (Å²) in [6.45, 7) is 2.64. The Labute approximate surface area is 140 Å². The van der Waals surface area contributed by atoms with Crippen molar-refractivity contribution in [2.24, 2.45) is 0 Å². The predicted octanol–water partition coefficient (Wildman–Crippen LogP) is 2.08. The highest BCUT2D eigenvalue weighted by Crippen LogP contribution is 2.32. The van der Waals surface area contributed by atoms with E-state index in [0.29, 0.717) is 12.1 Å². The van der Waals surface area contributed by atoms with Gasteiger partial charge in [0, 0.05) is 12.6 Å². The molecule has 6 nitrogen and oxygen atoms in total. The Morgan fingerprint density at radius 3 is 2.62 bits per heavy atom. The van der Waals surface area contributed by atoms with Crippen LogP contribution in [0.25, 0.3) is 0 Å². The second-order valence-electron chi connectivity index (χ2n) is 5.96. The Hall–Kier alpha value is -2.44. The minimum absolute atomic E-state index is 0.144. The number of nitrogens with one attached hydrogen (secondary N) is 1. The van der Waals surface area contributed by atoms with Crippen molar-refractivity contribution < 1.29 is 24.8 Å². The molecule has 1 heterocycles. The fourth-order valence-electron chi connectivity index (χ4n) is 2.67. The minimum atomic E-state index is -0.768. The Kier molecular flexibility index (Phi) is 4.78. The topological polar surface area (TPSA) is 91.2 Å². The second-order valence-corrected chi connectivity index (χ2v) is 5.96.